The minimum absolute atomic E-state index is 0. The highest BCUT2D eigenvalue weighted by Gasteiger charge is 2.13. The largest absolute Gasteiger partial charge is 0.368 e. The molecule has 0 saturated heterocycles. The first-order chi connectivity index (χ1) is 8.72. The maximum Gasteiger partial charge on any atom is 0.155 e. The smallest absolute Gasteiger partial charge is 0.155 e. The first kappa shape index (κ1) is 21.7. The molecule has 0 aliphatic rings. The second kappa shape index (κ2) is 16.4. The number of nitrogens with two attached hydrogens (primary N) is 1. The molecular formula is C15H34BrNO2. The molecule has 1 atom stereocenters. The van der Waals surface area contributed by atoms with E-state index in [9.17, 15) is 0 Å². The fourth-order valence-electron chi connectivity index (χ4n) is 2.28. The van der Waals surface area contributed by atoms with Crippen LogP contribution in [-0.2, 0) is 0 Å². The van der Waals surface area contributed by atoms with Crippen LogP contribution < -0.4 is 5.73 Å². The molecule has 1 unspecified atom stereocenters. The van der Waals surface area contributed by atoms with Crippen LogP contribution in [0.1, 0.15) is 77.6 Å². The third-order valence-corrected chi connectivity index (χ3v) is 3.65. The van der Waals surface area contributed by atoms with Crippen molar-refractivity contribution in [3.05, 3.63) is 0 Å². The molecule has 118 valence electrons. The number of hydrogen-bond acceptors (Lipinski definition) is 3. The highest BCUT2D eigenvalue weighted by atomic mass is 79.9. The summed E-state index contributed by atoms with van der Waals surface area (Å²) in [5.74, 6) is -0.140. The van der Waals surface area contributed by atoms with E-state index in [1.807, 2.05) is 0 Å². The van der Waals surface area contributed by atoms with Crippen LogP contribution in [-0.4, -0.2) is 23.0 Å². The van der Waals surface area contributed by atoms with E-state index >= 15 is 0 Å². The average Bonchev–Trinajstić information content (AvgIpc) is 2.35. The summed E-state index contributed by atoms with van der Waals surface area (Å²) in [5, 5.41) is 18.1. The van der Waals surface area contributed by atoms with E-state index in [1.165, 1.54) is 57.8 Å². The van der Waals surface area contributed by atoms with Crippen molar-refractivity contribution in [1.82, 2.24) is 0 Å². The third kappa shape index (κ3) is 14.6. The zero-order chi connectivity index (χ0) is 13.6. The van der Waals surface area contributed by atoms with Crippen LogP contribution in [0.2, 0.25) is 0 Å². The molecule has 0 fully saturated rings. The van der Waals surface area contributed by atoms with Crippen molar-refractivity contribution in [2.45, 2.75) is 83.8 Å². The summed E-state index contributed by atoms with van der Waals surface area (Å²) in [5.41, 5.74) is 5.47. The van der Waals surface area contributed by atoms with Crippen LogP contribution in [0, 0.1) is 5.92 Å². The van der Waals surface area contributed by atoms with E-state index < -0.39 is 6.29 Å². The van der Waals surface area contributed by atoms with Gasteiger partial charge in [-0.05, 0) is 13.0 Å². The van der Waals surface area contributed by atoms with Crippen molar-refractivity contribution >= 4 is 17.0 Å². The van der Waals surface area contributed by atoms with Crippen LogP contribution in [0.15, 0.2) is 0 Å². The maximum absolute atomic E-state index is 9.03. The van der Waals surface area contributed by atoms with E-state index in [0.29, 0.717) is 6.54 Å². The minimum atomic E-state index is -1.24. The van der Waals surface area contributed by atoms with Crippen LogP contribution in [0.3, 0.4) is 0 Å². The van der Waals surface area contributed by atoms with Crippen LogP contribution in [0.4, 0.5) is 0 Å². The lowest BCUT2D eigenvalue weighted by molar-refractivity contribution is -0.0833. The molecule has 0 rings (SSSR count). The van der Waals surface area contributed by atoms with Crippen LogP contribution in [0.5, 0.6) is 0 Å². The monoisotopic (exact) mass is 339 g/mol. The second-order valence-corrected chi connectivity index (χ2v) is 5.38. The van der Waals surface area contributed by atoms with Crippen molar-refractivity contribution in [1.29, 1.82) is 0 Å². The normalized spacial score (nSPS) is 12.5. The molecular weight excluding hydrogens is 306 g/mol. The van der Waals surface area contributed by atoms with Crippen molar-refractivity contribution in [3.63, 3.8) is 0 Å². The van der Waals surface area contributed by atoms with Crippen LogP contribution >= 0.6 is 17.0 Å². The van der Waals surface area contributed by atoms with E-state index in [2.05, 4.69) is 6.92 Å². The Hall–Kier alpha value is 0.360. The highest BCUT2D eigenvalue weighted by molar-refractivity contribution is 8.93. The van der Waals surface area contributed by atoms with Crippen molar-refractivity contribution in [2.75, 3.05) is 6.54 Å². The van der Waals surface area contributed by atoms with Gasteiger partial charge in [-0.15, -0.1) is 17.0 Å². The van der Waals surface area contributed by atoms with Crippen molar-refractivity contribution in [3.8, 4) is 0 Å². The Bertz CT molecular complexity index is 168. The molecule has 0 heterocycles. The lowest BCUT2D eigenvalue weighted by Crippen LogP contribution is -2.27. The SMILES string of the molecule is Br.CCCCCCCCCCCCC(CN)C(O)O. The van der Waals surface area contributed by atoms with Gasteiger partial charge in [0.15, 0.2) is 6.29 Å². The molecule has 0 amide bonds. The molecule has 0 radical (unpaired) electrons. The molecule has 0 aromatic heterocycles. The predicted molar refractivity (Wildman–Crippen MR) is 87.6 cm³/mol. The first-order valence-corrected chi connectivity index (χ1v) is 7.78. The van der Waals surface area contributed by atoms with Gasteiger partial charge in [-0.25, -0.2) is 0 Å². The Labute approximate surface area is 129 Å². The Morgan fingerprint density at radius 2 is 1.21 bits per heavy atom. The quantitative estimate of drug-likeness (QED) is 0.353. The summed E-state index contributed by atoms with van der Waals surface area (Å²) in [6.45, 7) is 2.62. The van der Waals surface area contributed by atoms with Gasteiger partial charge in [0.05, 0.1) is 0 Å². The number of unbranched alkanes of at least 4 members (excludes halogenated alkanes) is 9. The molecule has 0 aliphatic carbocycles. The van der Waals surface area contributed by atoms with Gasteiger partial charge >= 0.3 is 0 Å². The first-order valence-electron chi connectivity index (χ1n) is 7.78. The Balaban J connectivity index is 0. The molecule has 0 aromatic carbocycles. The Morgan fingerprint density at radius 3 is 1.58 bits per heavy atom. The van der Waals surface area contributed by atoms with Crippen molar-refractivity contribution < 1.29 is 10.2 Å². The molecule has 19 heavy (non-hydrogen) atoms. The topological polar surface area (TPSA) is 66.5 Å². The number of hydrogen-bond donors (Lipinski definition) is 3. The summed E-state index contributed by atoms with van der Waals surface area (Å²) < 4.78 is 0. The van der Waals surface area contributed by atoms with Gasteiger partial charge in [0.1, 0.15) is 0 Å². The van der Waals surface area contributed by atoms with Gasteiger partial charge in [-0.3, -0.25) is 0 Å². The summed E-state index contributed by atoms with van der Waals surface area (Å²) in [6, 6.07) is 0. The van der Waals surface area contributed by atoms with E-state index in [-0.39, 0.29) is 22.9 Å². The predicted octanol–water partition coefficient (Wildman–Crippen LogP) is 3.76. The molecule has 0 bridgehead atoms. The van der Waals surface area contributed by atoms with Gasteiger partial charge in [-0.1, -0.05) is 71.1 Å². The van der Waals surface area contributed by atoms with E-state index in [1.54, 1.807) is 0 Å². The summed E-state index contributed by atoms with van der Waals surface area (Å²) in [6.07, 6.45) is 12.7. The average molecular weight is 340 g/mol. The molecule has 4 heteroatoms. The molecule has 4 N–H and O–H groups in total. The van der Waals surface area contributed by atoms with Gasteiger partial charge in [0.2, 0.25) is 0 Å². The summed E-state index contributed by atoms with van der Waals surface area (Å²) in [4.78, 5) is 0. The number of aliphatic hydroxyl groups excluding tert-OH is 1. The lowest BCUT2D eigenvalue weighted by Gasteiger charge is -2.16. The fraction of sp³-hybridized carbons (Fsp3) is 1.00. The molecule has 0 saturated carbocycles. The molecule has 0 aliphatic heterocycles. The van der Waals surface area contributed by atoms with Gasteiger partial charge in [0, 0.05) is 5.92 Å². The third-order valence-electron chi connectivity index (χ3n) is 3.65. The summed E-state index contributed by atoms with van der Waals surface area (Å²) >= 11 is 0. The lowest BCUT2D eigenvalue weighted by atomic mass is 9.99. The Kier molecular flexibility index (Phi) is 18.7. The van der Waals surface area contributed by atoms with Gasteiger partial charge < -0.3 is 15.9 Å². The second-order valence-electron chi connectivity index (χ2n) is 5.38. The molecule has 0 spiro atoms. The standard InChI is InChI=1S/C15H33NO2.BrH/c1-2-3-4-5-6-7-8-9-10-11-12-14(13-16)15(17)18;/h14-15,17-18H,2-13,16H2,1H3;1H. The van der Waals surface area contributed by atoms with Crippen LogP contribution in [0.25, 0.3) is 0 Å². The summed E-state index contributed by atoms with van der Waals surface area (Å²) in [7, 11) is 0. The minimum Gasteiger partial charge on any atom is -0.368 e. The zero-order valence-corrected chi connectivity index (χ0v) is 14.2. The maximum atomic E-state index is 9.03. The van der Waals surface area contributed by atoms with E-state index in [4.69, 9.17) is 15.9 Å². The number of halogens is 1. The van der Waals surface area contributed by atoms with Crippen molar-refractivity contribution in [2.24, 2.45) is 11.7 Å². The zero-order valence-electron chi connectivity index (χ0n) is 12.5. The molecule has 3 nitrogen and oxygen atoms in total. The van der Waals surface area contributed by atoms with E-state index in [0.717, 1.165) is 12.8 Å². The Morgan fingerprint density at radius 1 is 0.789 bits per heavy atom. The fourth-order valence-corrected chi connectivity index (χ4v) is 2.28. The number of aliphatic hydroxyl groups is 2. The number of rotatable bonds is 13. The van der Waals surface area contributed by atoms with Gasteiger partial charge in [0.25, 0.3) is 0 Å². The van der Waals surface area contributed by atoms with Gasteiger partial charge in [-0.2, -0.15) is 0 Å². The molecule has 0 aromatic rings. The highest BCUT2D eigenvalue weighted by Crippen LogP contribution is 2.14.